The number of nitrogens with zero attached hydrogens (tertiary/aromatic N) is 2. The molecule has 0 aliphatic carbocycles. The van der Waals surface area contributed by atoms with Crippen LogP contribution in [0.25, 0.3) is 22.4 Å². The van der Waals surface area contributed by atoms with Gasteiger partial charge in [-0.2, -0.15) is 4.98 Å². The topological polar surface area (TPSA) is 134 Å². The highest BCUT2D eigenvalue weighted by molar-refractivity contribution is 5.97. The van der Waals surface area contributed by atoms with E-state index in [4.69, 9.17) is 4.52 Å². The molecule has 10 heteroatoms. The van der Waals surface area contributed by atoms with Gasteiger partial charge in [-0.1, -0.05) is 17.3 Å². The lowest BCUT2D eigenvalue weighted by molar-refractivity contribution is 0.0946. The Hall–Kier alpha value is -4.08. The number of aromatic nitrogens is 4. The van der Waals surface area contributed by atoms with Gasteiger partial charge >= 0.3 is 11.1 Å². The lowest BCUT2D eigenvalue weighted by Gasteiger charge is -2.04. The van der Waals surface area contributed by atoms with Crippen molar-refractivity contribution in [2.45, 2.75) is 6.54 Å². The molecule has 0 bridgehead atoms. The molecule has 0 unspecified atom stereocenters. The number of carbonyl (C=O) groups is 1. The smallest absolute Gasteiger partial charge is 0.314 e. The fourth-order valence-corrected chi connectivity index (χ4v) is 2.59. The van der Waals surface area contributed by atoms with E-state index in [0.717, 1.165) is 0 Å². The van der Waals surface area contributed by atoms with E-state index in [1.54, 1.807) is 6.07 Å². The Morgan fingerprint density at radius 1 is 1.07 bits per heavy atom. The van der Waals surface area contributed by atoms with E-state index in [-0.39, 0.29) is 23.8 Å². The summed E-state index contributed by atoms with van der Waals surface area (Å²) in [5.41, 5.74) is -0.133. The van der Waals surface area contributed by atoms with E-state index in [1.165, 1.54) is 36.4 Å². The summed E-state index contributed by atoms with van der Waals surface area (Å²) in [6.45, 7) is -0.0403. The molecule has 9 nitrogen and oxygen atoms in total. The van der Waals surface area contributed by atoms with Crippen LogP contribution >= 0.6 is 0 Å². The number of fused-ring (bicyclic) bond motifs is 1. The van der Waals surface area contributed by atoms with Gasteiger partial charge in [-0.15, -0.1) is 0 Å². The maximum atomic E-state index is 13.3. The first kappa shape index (κ1) is 17.3. The number of benzene rings is 2. The zero-order valence-electron chi connectivity index (χ0n) is 14.2. The first-order chi connectivity index (χ1) is 13.5. The van der Waals surface area contributed by atoms with Crippen LogP contribution in [-0.2, 0) is 6.54 Å². The molecule has 3 N–H and O–H groups in total. The highest BCUT2D eigenvalue weighted by Crippen LogP contribution is 2.16. The van der Waals surface area contributed by atoms with Gasteiger partial charge in [0.05, 0.1) is 17.6 Å². The van der Waals surface area contributed by atoms with Crippen molar-refractivity contribution in [2.75, 3.05) is 0 Å². The van der Waals surface area contributed by atoms with Crippen molar-refractivity contribution in [3.63, 3.8) is 0 Å². The van der Waals surface area contributed by atoms with Gasteiger partial charge in [-0.25, -0.2) is 4.39 Å². The molecule has 0 fully saturated rings. The number of hydrogen-bond donors (Lipinski definition) is 3. The normalized spacial score (nSPS) is 10.9. The molecule has 4 rings (SSSR count). The standard InChI is InChI=1S/C18H12FN5O4/c19-11-3-1-2-9(6-11)15-23-14(28-24-15)8-20-16(25)10-4-5-12-13(7-10)22-18(27)17(26)21-12/h1-7H,8H2,(H,20,25)(H,21,26)(H,22,27). The number of aromatic amines is 2. The Bertz CT molecular complexity index is 1310. The number of H-pyrrole nitrogens is 2. The summed E-state index contributed by atoms with van der Waals surface area (Å²) in [6, 6.07) is 10.2. The van der Waals surface area contributed by atoms with E-state index in [0.29, 0.717) is 16.6 Å². The molecular weight excluding hydrogens is 369 g/mol. The van der Waals surface area contributed by atoms with Crippen molar-refractivity contribution in [3.8, 4) is 11.4 Å². The molecular formula is C18H12FN5O4. The quantitative estimate of drug-likeness (QED) is 0.457. The second-order valence-electron chi connectivity index (χ2n) is 5.87. The molecule has 0 atom stereocenters. The molecule has 2 aromatic heterocycles. The molecule has 0 saturated heterocycles. The molecule has 0 aliphatic heterocycles. The van der Waals surface area contributed by atoms with Crippen LogP contribution in [0.3, 0.4) is 0 Å². The molecule has 2 heterocycles. The van der Waals surface area contributed by atoms with Crippen LogP contribution in [-0.4, -0.2) is 26.0 Å². The number of carbonyl (C=O) groups excluding carboxylic acids is 1. The van der Waals surface area contributed by atoms with Crippen LogP contribution < -0.4 is 16.4 Å². The lowest BCUT2D eigenvalue weighted by Crippen LogP contribution is -2.29. The molecule has 0 aliphatic rings. The minimum atomic E-state index is -0.805. The predicted molar refractivity (Wildman–Crippen MR) is 96.1 cm³/mol. The molecule has 1 amide bonds. The summed E-state index contributed by atoms with van der Waals surface area (Å²) in [7, 11) is 0. The fraction of sp³-hybridized carbons (Fsp3) is 0.0556. The molecule has 0 radical (unpaired) electrons. The van der Waals surface area contributed by atoms with E-state index in [9.17, 15) is 18.8 Å². The van der Waals surface area contributed by atoms with Gasteiger partial charge in [0.2, 0.25) is 11.7 Å². The van der Waals surface area contributed by atoms with Gasteiger partial charge in [0.1, 0.15) is 5.82 Å². The summed E-state index contributed by atoms with van der Waals surface area (Å²) < 4.78 is 18.3. The summed E-state index contributed by atoms with van der Waals surface area (Å²) >= 11 is 0. The number of rotatable bonds is 4. The maximum Gasteiger partial charge on any atom is 0.314 e. The highest BCUT2D eigenvalue weighted by Gasteiger charge is 2.12. The summed E-state index contributed by atoms with van der Waals surface area (Å²) in [5.74, 6) is -0.519. The first-order valence-electron chi connectivity index (χ1n) is 8.13. The van der Waals surface area contributed by atoms with Crippen LogP contribution in [0, 0.1) is 5.82 Å². The van der Waals surface area contributed by atoms with Crippen molar-refractivity contribution in [1.29, 1.82) is 0 Å². The van der Waals surface area contributed by atoms with E-state index in [1.807, 2.05) is 0 Å². The van der Waals surface area contributed by atoms with E-state index >= 15 is 0 Å². The van der Waals surface area contributed by atoms with Gasteiger partial charge in [0, 0.05) is 11.1 Å². The summed E-state index contributed by atoms with van der Waals surface area (Å²) in [6.07, 6.45) is 0. The Labute approximate surface area is 155 Å². The van der Waals surface area contributed by atoms with Gasteiger partial charge < -0.3 is 19.8 Å². The summed E-state index contributed by atoms with van der Waals surface area (Å²) in [4.78, 5) is 44.0. The SMILES string of the molecule is O=C(NCc1nc(-c2cccc(F)c2)no1)c1ccc2[nH]c(=O)c(=O)[nH]c2c1. The van der Waals surface area contributed by atoms with Gasteiger partial charge in [0.25, 0.3) is 5.91 Å². The Morgan fingerprint density at radius 2 is 1.86 bits per heavy atom. The van der Waals surface area contributed by atoms with Crippen molar-refractivity contribution in [2.24, 2.45) is 0 Å². The Morgan fingerprint density at radius 3 is 2.64 bits per heavy atom. The molecule has 140 valence electrons. The lowest BCUT2D eigenvalue weighted by atomic mass is 10.2. The largest absolute Gasteiger partial charge is 0.343 e. The second kappa shape index (κ2) is 6.91. The first-order valence-corrected chi connectivity index (χ1v) is 8.13. The molecule has 0 spiro atoms. The van der Waals surface area contributed by atoms with Crippen LogP contribution in [0.2, 0.25) is 0 Å². The fourth-order valence-electron chi connectivity index (χ4n) is 2.59. The third kappa shape index (κ3) is 3.43. The third-order valence-electron chi connectivity index (χ3n) is 3.94. The minimum absolute atomic E-state index is 0.0403. The number of nitrogens with one attached hydrogen (secondary N) is 3. The molecule has 4 aromatic rings. The molecule has 0 saturated carbocycles. The Balaban J connectivity index is 1.49. The highest BCUT2D eigenvalue weighted by atomic mass is 19.1. The van der Waals surface area contributed by atoms with Crippen LogP contribution in [0.5, 0.6) is 0 Å². The molecule has 28 heavy (non-hydrogen) atoms. The van der Waals surface area contributed by atoms with E-state index < -0.39 is 22.8 Å². The van der Waals surface area contributed by atoms with Gasteiger partial charge in [-0.3, -0.25) is 14.4 Å². The second-order valence-corrected chi connectivity index (χ2v) is 5.87. The maximum absolute atomic E-state index is 13.3. The number of amides is 1. The van der Waals surface area contributed by atoms with Gasteiger partial charge in [0.15, 0.2) is 0 Å². The minimum Gasteiger partial charge on any atom is -0.343 e. The van der Waals surface area contributed by atoms with Crippen molar-refractivity contribution < 1.29 is 13.7 Å². The van der Waals surface area contributed by atoms with Crippen LogP contribution in [0.4, 0.5) is 4.39 Å². The average molecular weight is 381 g/mol. The van der Waals surface area contributed by atoms with Crippen molar-refractivity contribution >= 4 is 16.9 Å². The van der Waals surface area contributed by atoms with Crippen LogP contribution in [0.15, 0.2) is 56.6 Å². The number of hydrogen-bond acceptors (Lipinski definition) is 6. The number of halogens is 1. The van der Waals surface area contributed by atoms with Crippen LogP contribution in [0.1, 0.15) is 16.2 Å². The molecule has 2 aromatic carbocycles. The zero-order valence-corrected chi connectivity index (χ0v) is 14.2. The van der Waals surface area contributed by atoms with Crippen molar-refractivity contribution in [3.05, 3.63) is 80.4 Å². The monoisotopic (exact) mass is 381 g/mol. The third-order valence-corrected chi connectivity index (χ3v) is 3.94. The van der Waals surface area contributed by atoms with Gasteiger partial charge in [-0.05, 0) is 30.3 Å². The zero-order chi connectivity index (χ0) is 19.7. The Kier molecular flexibility index (Phi) is 4.28. The van der Waals surface area contributed by atoms with E-state index in [2.05, 4.69) is 25.4 Å². The summed E-state index contributed by atoms with van der Waals surface area (Å²) in [5, 5.41) is 6.37. The predicted octanol–water partition coefficient (Wildman–Crippen LogP) is 1.34. The van der Waals surface area contributed by atoms with Crippen molar-refractivity contribution in [1.82, 2.24) is 25.4 Å². The average Bonchev–Trinajstić information content (AvgIpc) is 3.16.